The highest BCUT2D eigenvalue weighted by Crippen LogP contribution is 2.36. The van der Waals surface area contributed by atoms with E-state index in [2.05, 4.69) is 0 Å². The Balaban J connectivity index is 3.01. The van der Waals surface area contributed by atoms with Gasteiger partial charge in [-0.3, -0.25) is 9.59 Å². The van der Waals surface area contributed by atoms with Crippen molar-refractivity contribution in [3.63, 3.8) is 0 Å². The number of carbonyl (C=O) groups is 3. The standard InChI is InChI=1S/C28H41Cl3O7/c1-18(15-35-16-21-12-10-9-11-13-21)23(37-25(34)36-17-28(29,30)31)20(3)24(33)27(7,8)19(2)14-22(32)38-26(4,5)6/h9-13,18-20,23H,14-17H2,1-8H3/t18-,19-,20+,23-/m0/s1. The largest absolute Gasteiger partial charge is 0.508 e. The van der Waals surface area contributed by atoms with Crippen molar-refractivity contribution < 1.29 is 33.3 Å². The first-order valence-corrected chi connectivity index (χ1v) is 13.7. The minimum Gasteiger partial charge on any atom is -0.460 e. The molecule has 0 aliphatic carbocycles. The van der Waals surface area contributed by atoms with Gasteiger partial charge in [0.15, 0.2) is 0 Å². The third-order valence-corrected chi connectivity index (χ3v) is 6.63. The Hall–Kier alpha value is -1.54. The van der Waals surface area contributed by atoms with Crippen molar-refractivity contribution in [3.05, 3.63) is 35.9 Å². The number of Topliss-reactive ketones (excluding diaryl/α,β-unsaturated/α-hetero) is 1. The second kappa shape index (κ2) is 14.7. The molecule has 1 rings (SSSR count). The molecule has 0 unspecified atom stereocenters. The highest BCUT2D eigenvalue weighted by atomic mass is 35.6. The first-order valence-electron chi connectivity index (χ1n) is 12.6. The summed E-state index contributed by atoms with van der Waals surface area (Å²) in [6, 6.07) is 9.62. The van der Waals surface area contributed by atoms with Gasteiger partial charge in [-0.05, 0) is 32.3 Å². The molecule has 1 aromatic rings. The third kappa shape index (κ3) is 12.5. The van der Waals surface area contributed by atoms with Crippen LogP contribution in [0.15, 0.2) is 30.3 Å². The lowest BCUT2D eigenvalue weighted by Gasteiger charge is -2.36. The molecular formula is C28H41Cl3O7. The molecule has 0 aliphatic heterocycles. The summed E-state index contributed by atoms with van der Waals surface area (Å²) in [6.07, 6.45) is -1.89. The lowest BCUT2D eigenvalue weighted by atomic mass is 9.69. The van der Waals surface area contributed by atoms with E-state index in [4.69, 9.17) is 53.8 Å². The lowest BCUT2D eigenvalue weighted by Crippen LogP contribution is -2.45. The van der Waals surface area contributed by atoms with Gasteiger partial charge >= 0.3 is 12.1 Å². The van der Waals surface area contributed by atoms with E-state index in [0.717, 1.165) is 5.56 Å². The molecule has 0 spiro atoms. The van der Waals surface area contributed by atoms with Gasteiger partial charge in [-0.2, -0.15) is 0 Å². The lowest BCUT2D eigenvalue weighted by molar-refractivity contribution is -0.157. The summed E-state index contributed by atoms with van der Waals surface area (Å²) < 4.78 is 20.0. The number of hydrogen-bond donors (Lipinski definition) is 0. The van der Waals surface area contributed by atoms with E-state index in [0.29, 0.717) is 6.61 Å². The van der Waals surface area contributed by atoms with Crippen LogP contribution in [0.25, 0.3) is 0 Å². The van der Waals surface area contributed by atoms with Crippen molar-refractivity contribution in [2.45, 2.75) is 83.9 Å². The van der Waals surface area contributed by atoms with Gasteiger partial charge in [0.2, 0.25) is 3.79 Å². The third-order valence-electron chi connectivity index (χ3n) is 6.31. The molecule has 4 atom stereocenters. The Bertz CT molecular complexity index is 907. The van der Waals surface area contributed by atoms with Crippen molar-refractivity contribution in [3.8, 4) is 0 Å². The molecule has 7 nitrogen and oxygen atoms in total. The van der Waals surface area contributed by atoms with Crippen LogP contribution in [0.3, 0.4) is 0 Å². The van der Waals surface area contributed by atoms with Crippen molar-refractivity contribution >= 4 is 52.7 Å². The summed E-state index contributed by atoms with van der Waals surface area (Å²) in [5, 5.41) is 0. The SMILES string of the molecule is C[C@@H](COCc1ccccc1)[C@H](OC(=O)OCC(Cl)(Cl)Cl)[C@@H](C)C(=O)C(C)(C)[C@@H](C)CC(=O)OC(C)(C)C. The molecule has 0 aliphatic rings. The summed E-state index contributed by atoms with van der Waals surface area (Å²) in [4.78, 5) is 38.6. The van der Waals surface area contributed by atoms with Crippen LogP contribution < -0.4 is 0 Å². The van der Waals surface area contributed by atoms with E-state index in [1.807, 2.05) is 44.2 Å². The summed E-state index contributed by atoms with van der Waals surface area (Å²) in [5.74, 6) is -2.03. The average Bonchev–Trinajstić information content (AvgIpc) is 2.79. The smallest absolute Gasteiger partial charge is 0.460 e. The zero-order valence-electron chi connectivity index (χ0n) is 23.5. The summed E-state index contributed by atoms with van der Waals surface area (Å²) in [6.45, 7) is 14.3. The molecular weight excluding hydrogens is 555 g/mol. The molecule has 0 fully saturated rings. The van der Waals surface area contributed by atoms with Gasteiger partial charge in [0.25, 0.3) is 0 Å². The number of halogens is 3. The van der Waals surface area contributed by atoms with Crippen LogP contribution in [-0.4, -0.2) is 46.6 Å². The van der Waals surface area contributed by atoms with Crippen molar-refractivity contribution in [2.24, 2.45) is 23.2 Å². The van der Waals surface area contributed by atoms with E-state index in [1.165, 1.54) is 0 Å². The van der Waals surface area contributed by atoms with Crippen LogP contribution in [0.1, 0.15) is 67.4 Å². The van der Waals surface area contributed by atoms with E-state index in [1.54, 1.807) is 41.5 Å². The van der Waals surface area contributed by atoms with E-state index < -0.39 is 39.6 Å². The normalized spacial score (nSPS) is 15.7. The molecule has 38 heavy (non-hydrogen) atoms. The molecule has 10 heteroatoms. The maximum Gasteiger partial charge on any atom is 0.508 e. The first-order chi connectivity index (χ1) is 17.3. The molecule has 0 N–H and O–H groups in total. The predicted octanol–water partition coefficient (Wildman–Crippen LogP) is 7.33. The fourth-order valence-corrected chi connectivity index (χ4v) is 4.06. The summed E-state index contributed by atoms with van der Waals surface area (Å²) in [5.41, 5.74) is -0.566. The maximum absolute atomic E-state index is 13.7. The second-order valence-corrected chi connectivity index (χ2v) is 13.8. The van der Waals surface area contributed by atoms with Crippen LogP contribution in [-0.2, 0) is 35.1 Å². The number of benzene rings is 1. The van der Waals surface area contributed by atoms with Crippen LogP contribution in [0.4, 0.5) is 4.79 Å². The van der Waals surface area contributed by atoms with Crippen molar-refractivity contribution in [1.29, 1.82) is 0 Å². The zero-order chi connectivity index (χ0) is 29.3. The first kappa shape index (κ1) is 34.5. The molecule has 0 radical (unpaired) electrons. The quantitative estimate of drug-likeness (QED) is 0.174. The van der Waals surface area contributed by atoms with Crippen LogP contribution in [0.5, 0.6) is 0 Å². The molecule has 0 amide bonds. The van der Waals surface area contributed by atoms with Gasteiger partial charge in [0.1, 0.15) is 24.1 Å². The van der Waals surface area contributed by atoms with Gasteiger partial charge < -0.3 is 18.9 Å². The van der Waals surface area contributed by atoms with Gasteiger partial charge in [0, 0.05) is 17.8 Å². The average molecular weight is 596 g/mol. The minimum atomic E-state index is -1.81. The molecule has 0 saturated heterocycles. The van der Waals surface area contributed by atoms with Gasteiger partial charge in [0.05, 0.1) is 19.1 Å². The van der Waals surface area contributed by atoms with Crippen molar-refractivity contribution in [2.75, 3.05) is 13.2 Å². The molecule has 1 aromatic carbocycles. The number of ether oxygens (including phenoxy) is 4. The molecule has 0 bridgehead atoms. The predicted molar refractivity (Wildman–Crippen MR) is 149 cm³/mol. The van der Waals surface area contributed by atoms with E-state index in [9.17, 15) is 14.4 Å². The molecule has 216 valence electrons. The van der Waals surface area contributed by atoms with E-state index >= 15 is 0 Å². The van der Waals surface area contributed by atoms with Gasteiger partial charge in [-0.1, -0.05) is 99.8 Å². The zero-order valence-corrected chi connectivity index (χ0v) is 25.8. The topological polar surface area (TPSA) is 88.1 Å². The van der Waals surface area contributed by atoms with Crippen LogP contribution in [0, 0.1) is 23.2 Å². The second-order valence-electron chi connectivity index (χ2n) is 11.3. The van der Waals surface area contributed by atoms with Gasteiger partial charge in [-0.15, -0.1) is 0 Å². The number of rotatable bonds is 13. The molecule has 0 saturated carbocycles. The van der Waals surface area contributed by atoms with E-state index in [-0.39, 0.29) is 36.6 Å². The van der Waals surface area contributed by atoms with Crippen molar-refractivity contribution in [1.82, 2.24) is 0 Å². The monoisotopic (exact) mass is 594 g/mol. The molecule has 0 aromatic heterocycles. The minimum absolute atomic E-state index is 0.0648. The highest BCUT2D eigenvalue weighted by molar-refractivity contribution is 6.67. The Morgan fingerprint density at radius 2 is 1.50 bits per heavy atom. The fourth-order valence-electron chi connectivity index (χ4n) is 3.90. The maximum atomic E-state index is 13.7. The Morgan fingerprint density at radius 3 is 2.03 bits per heavy atom. The molecule has 0 heterocycles. The van der Waals surface area contributed by atoms with Crippen LogP contribution >= 0.6 is 34.8 Å². The fraction of sp³-hybridized carbons (Fsp3) is 0.679. The number of alkyl halides is 3. The number of ketones is 1. The number of carbonyl (C=O) groups excluding carboxylic acids is 3. The summed E-state index contributed by atoms with van der Waals surface area (Å²) in [7, 11) is 0. The van der Waals surface area contributed by atoms with Crippen LogP contribution in [0.2, 0.25) is 0 Å². The Morgan fingerprint density at radius 1 is 0.921 bits per heavy atom. The number of esters is 1. The Labute approximate surface area is 241 Å². The number of hydrogen-bond acceptors (Lipinski definition) is 7. The summed E-state index contributed by atoms with van der Waals surface area (Å²) >= 11 is 17.0. The van der Waals surface area contributed by atoms with Gasteiger partial charge in [-0.25, -0.2) is 4.79 Å². The Kier molecular flexibility index (Phi) is 13.4. The highest BCUT2D eigenvalue weighted by Gasteiger charge is 2.43.